The van der Waals surface area contributed by atoms with E-state index < -0.39 is 0 Å². The highest BCUT2D eigenvalue weighted by Gasteiger charge is 2.09. The van der Waals surface area contributed by atoms with E-state index in [9.17, 15) is 14.0 Å². The first-order chi connectivity index (χ1) is 11.0. The van der Waals surface area contributed by atoms with Gasteiger partial charge in [0.2, 0.25) is 0 Å². The van der Waals surface area contributed by atoms with Crippen molar-refractivity contribution in [1.82, 2.24) is 20.0 Å². The average Bonchev–Trinajstić information content (AvgIpc) is 2.51. The molecule has 2 rings (SSSR count). The van der Waals surface area contributed by atoms with Gasteiger partial charge in [-0.15, -0.1) is 0 Å². The molecular formula is C16H19FN4O2. The first-order valence-electron chi connectivity index (χ1n) is 7.21. The van der Waals surface area contributed by atoms with Gasteiger partial charge >= 0.3 is 0 Å². The molecule has 0 atom stereocenters. The third kappa shape index (κ3) is 5.00. The number of rotatable bonds is 6. The zero-order chi connectivity index (χ0) is 16.8. The van der Waals surface area contributed by atoms with Gasteiger partial charge in [0.25, 0.3) is 11.5 Å². The highest BCUT2D eigenvalue weighted by atomic mass is 19.1. The Morgan fingerprint density at radius 2 is 1.91 bits per heavy atom. The SMILES string of the molecule is CN(C)CCNC(=O)c1ccc(=O)n(Cc2ccc(F)cc2)n1. The van der Waals surface area contributed by atoms with E-state index in [0.29, 0.717) is 13.1 Å². The highest BCUT2D eigenvalue weighted by molar-refractivity contribution is 5.91. The number of aromatic nitrogens is 2. The van der Waals surface area contributed by atoms with E-state index >= 15 is 0 Å². The van der Waals surface area contributed by atoms with Crippen molar-refractivity contribution >= 4 is 5.91 Å². The largest absolute Gasteiger partial charge is 0.349 e. The van der Waals surface area contributed by atoms with E-state index in [-0.39, 0.29) is 29.5 Å². The van der Waals surface area contributed by atoms with Crippen molar-refractivity contribution in [3.8, 4) is 0 Å². The molecule has 23 heavy (non-hydrogen) atoms. The molecule has 0 aliphatic heterocycles. The Morgan fingerprint density at radius 1 is 1.22 bits per heavy atom. The van der Waals surface area contributed by atoms with Gasteiger partial charge in [-0.3, -0.25) is 9.59 Å². The number of nitrogens with zero attached hydrogens (tertiary/aromatic N) is 3. The lowest BCUT2D eigenvalue weighted by molar-refractivity contribution is 0.0943. The molecule has 2 aromatic rings. The fraction of sp³-hybridized carbons (Fsp3) is 0.312. The summed E-state index contributed by atoms with van der Waals surface area (Å²) < 4.78 is 14.1. The van der Waals surface area contributed by atoms with Gasteiger partial charge in [-0.05, 0) is 37.9 Å². The summed E-state index contributed by atoms with van der Waals surface area (Å²) in [4.78, 5) is 25.8. The lowest BCUT2D eigenvalue weighted by atomic mass is 10.2. The van der Waals surface area contributed by atoms with Crippen LogP contribution in [0.3, 0.4) is 0 Å². The molecule has 122 valence electrons. The summed E-state index contributed by atoms with van der Waals surface area (Å²) in [7, 11) is 3.82. The molecule has 0 fully saturated rings. The average molecular weight is 318 g/mol. The number of nitrogens with one attached hydrogen (secondary N) is 1. The van der Waals surface area contributed by atoms with Gasteiger partial charge in [0.1, 0.15) is 11.5 Å². The molecule has 1 aromatic carbocycles. The number of hydrogen-bond acceptors (Lipinski definition) is 4. The molecule has 0 saturated carbocycles. The third-order valence-electron chi connectivity index (χ3n) is 3.19. The molecule has 0 aliphatic rings. The van der Waals surface area contributed by atoms with Crippen LogP contribution in [0.5, 0.6) is 0 Å². The van der Waals surface area contributed by atoms with Crippen LogP contribution in [0, 0.1) is 5.82 Å². The number of hydrogen-bond donors (Lipinski definition) is 1. The van der Waals surface area contributed by atoms with E-state index in [1.165, 1.54) is 28.9 Å². The fourth-order valence-corrected chi connectivity index (χ4v) is 1.93. The van der Waals surface area contributed by atoms with Gasteiger partial charge in [0.15, 0.2) is 0 Å². The summed E-state index contributed by atoms with van der Waals surface area (Å²) in [6.07, 6.45) is 0. The summed E-state index contributed by atoms with van der Waals surface area (Å²) >= 11 is 0. The molecule has 0 radical (unpaired) electrons. The zero-order valence-electron chi connectivity index (χ0n) is 13.1. The summed E-state index contributed by atoms with van der Waals surface area (Å²) in [6.45, 7) is 1.38. The Bertz CT molecular complexity index is 726. The molecule has 1 amide bonds. The predicted octanol–water partition coefficient (Wildman–Crippen LogP) is 0.722. The van der Waals surface area contributed by atoms with E-state index in [1.54, 1.807) is 12.1 Å². The van der Waals surface area contributed by atoms with Crippen LogP contribution >= 0.6 is 0 Å². The first kappa shape index (κ1) is 16.8. The topological polar surface area (TPSA) is 67.2 Å². The fourth-order valence-electron chi connectivity index (χ4n) is 1.93. The molecule has 1 aromatic heterocycles. The highest BCUT2D eigenvalue weighted by Crippen LogP contribution is 2.03. The molecule has 7 heteroatoms. The number of amides is 1. The molecule has 0 unspecified atom stereocenters. The molecule has 0 bridgehead atoms. The Balaban J connectivity index is 2.10. The van der Waals surface area contributed by atoms with Gasteiger partial charge < -0.3 is 10.2 Å². The number of likely N-dealkylation sites (N-methyl/N-ethyl adjacent to an activating group) is 1. The van der Waals surface area contributed by atoms with Crippen molar-refractivity contribution in [3.63, 3.8) is 0 Å². The Kier molecular flexibility index (Phi) is 5.59. The maximum absolute atomic E-state index is 12.9. The van der Waals surface area contributed by atoms with Crippen LogP contribution in [-0.4, -0.2) is 47.8 Å². The van der Waals surface area contributed by atoms with Crippen molar-refractivity contribution in [2.24, 2.45) is 0 Å². The number of halogens is 1. The third-order valence-corrected chi connectivity index (χ3v) is 3.19. The van der Waals surface area contributed by atoms with Crippen molar-refractivity contribution in [2.75, 3.05) is 27.2 Å². The molecule has 6 nitrogen and oxygen atoms in total. The van der Waals surface area contributed by atoms with Gasteiger partial charge in [0, 0.05) is 19.2 Å². The predicted molar refractivity (Wildman–Crippen MR) is 84.9 cm³/mol. The lowest BCUT2D eigenvalue weighted by Gasteiger charge is -2.11. The van der Waals surface area contributed by atoms with Crippen molar-refractivity contribution < 1.29 is 9.18 Å². The minimum Gasteiger partial charge on any atom is -0.349 e. The summed E-state index contributed by atoms with van der Waals surface area (Å²) in [5.74, 6) is -0.678. The van der Waals surface area contributed by atoms with Crippen LogP contribution in [0.4, 0.5) is 4.39 Å². The maximum atomic E-state index is 12.9. The maximum Gasteiger partial charge on any atom is 0.271 e. The smallest absolute Gasteiger partial charge is 0.271 e. The molecule has 0 spiro atoms. The van der Waals surface area contributed by atoms with E-state index in [2.05, 4.69) is 10.4 Å². The Labute approximate surface area is 133 Å². The Morgan fingerprint density at radius 3 is 2.57 bits per heavy atom. The zero-order valence-corrected chi connectivity index (χ0v) is 13.1. The van der Waals surface area contributed by atoms with Crippen LogP contribution in [0.2, 0.25) is 0 Å². The second kappa shape index (κ2) is 7.64. The monoisotopic (exact) mass is 318 g/mol. The minimum absolute atomic E-state index is 0.172. The van der Waals surface area contributed by atoms with E-state index in [1.807, 2.05) is 19.0 Å². The van der Waals surface area contributed by atoms with Gasteiger partial charge in [-0.2, -0.15) is 5.10 Å². The number of carbonyl (C=O) groups excluding carboxylic acids is 1. The molecular weight excluding hydrogens is 299 g/mol. The van der Waals surface area contributed by atoms with Gasteiger partial charge in [0.05, 0.1) is 6.54 Å². The van der Waals surface area contributed by atoms with Crippen LogP contribution in [0.15, 0.2) is 41.2 Å². The van der Waals surface area contributed by atoms with Crippen LogP contribution < -0.4 is 10.9 Å². The van der Waals surface area contributed by atoms with Crippen molar-refractivity contribution in [2.45, 2.75) is 6.54 Å². The minimum atomic E-state index is -0.344. The molecule has 0 aliphatic carbocycles. The van der Waals surface area contributed by atoms with Crippen molar-refractivity contribution in [1.29, 1.82) is 0 Å². The van der Waals surface area contributed by atoms with Gasteiger partial charge in [-0.25, -0.2) is 9.07 Å². The number of benzene rings is 1. The van der Waals surface area contributed by atoms with Crippen LogP contribution in [0.1, 0.15) is 16.1 Å². The number of carbonyl (C=O) groups is 1. The van der Waals surface area contributed by atoms with E-state index in [4.69, 9.17) is 0 Å². The second-order valence-electron chi connectivity index (χ2n) is 5.40. The summed E-state index contributed by atoms with van der Waals surface area (Å²) in [5.41, 5.74) is 0.579. The first-order valence-corrected chi connectivity index (χ1v) is 7.21. The van der Waals surface area contributed by atoms with Gasteiger partial charge in [-0.1, -0.05) is 12.1 Å². The summed E-state index contributed by atoms with van der Waals surface area (Å²) in [5, 5.41) is 6.81. The van der Waals surface area contributed by atoms with Crippen LogP contribution in [-0.2, 0) is 6.54 Å². The standard InChI is InChI=1S/C16H19FN4O2/c1-20(2)10-9-18-16(23)14-7-8-15(22)21(19-14)11-12-3-5-13(17)6-4-12/h3-8H,9-11H2,1-2H3,(H,18,23). The molecule has 1 N–H and O–H groups in total. The normalized spacial score (nSPS) is 10.8. The molecule has 1 heterocycles. The summed E-state index contributed by atoms with van der Waals surface area (Å²) in [6, 6.07) is 8.49. The van der Waals surface area contributed by atoms with E-state index in [0.717, 1.165) is 5.56 Å². The van der Waals surface area contributed by atoms with Crippen LogP contribution in [0.25, 0.3) is 0 Å². The Hall–Kier alpha value is -2.54. The lowest BCUT2D eigenvalue weighted by Crippen LogP contribution is -2.33. The second-order valence-corrected chi connectivity index (χ2v) is 5.40. The van der Waals surface area contributed by atoms with Crippen molar-refractivity contribution in [3.05, 3.63) is 63.8 Å². The quantitative estimate of drug-likeness (QED) is 0.852. The molecule has 0 saturated heterocycles.